The standard InChI is InChI=1S/C23H25NO3/c1-5-7-20(21-8-6-11-26-21)24-23(25)22-10-9-18(27-22)14-19-16(3)12-15(2)13-17(19)4/h5-6,8-13,20H,1,7,14H2,2-4H3,(H,24,25). The van der Waals surface area contributed by atoms with Crippen molar-refractivity contribution in [2.75, 3.05) is 0 Å². The van der Waals surface area contributed by atoms with Crippen LogP contribution in [0.4, 0.5) is 0 Å². The third kappa shape index (κ3) is 4.40. The third-order valence-corrected chi connectivity index (χ3v) is 4.67. The summed E-state index contributed by atoms with van der Waals surface area (Å²) in [5.41, 5.74) is 4.96. The lowest BCUT2D eigenvalue weighted by Crippen LogP contribution is -2.27. The van der Waals surface area contributed by atoms with Gasteiger partial charge in [0.1, 0.15) is 11.5 Å². The minimum absolute atomic E-state index is 0.262. The molecule has 0 aliphatic heterocycles. The van der Waals surface area contributed by atoms with Gasteiger partial charge in [-0.25, -0.2) is 0 Å². The maximum Gasteiger partial charge on any atom is 0.287 e. The number of aryl methyl sites for hydroxylation is 3. The van der Waals surface area contributed by atoms with E-state index in [1.54, 1.807) is 24.5 Å². The van der Waals surface area contributed by atoms with Crippen LogP contribution in [-0.4, -0.2) is 5.91 Å². The van der Waals surface area contributed by atoms with E-state index in [-0.39, 0.29) is 11.9 Å². The van der Waals surface area contributed by atoms with Crippen LogP contribution in [0.25, 0.3) is 0 Å². The Morgan fingerprint density at radius 3 is 2.56 bits per heavy atom. The van der Waals surface area contributed by atoms with E-state index in [0.717, 1.165) is 5.76 Å². The molecule has 4 nitrogen and oxygen atoms in total. The molecule has 0 aliphatic rings. The number of carbonyl (C=O) groups excluding carboxylic acids is 1. The van der Waals surface area contributed by atoms with Crippen molar-refractivity contribution >= 4 is 5.91 Å². The molecule has 3 aromatic rings. The predicted molar refractivity (Wildman–Crippen MR) is 106 cm³/mol. The molecule has 2 heterocycles. The Balaban J connectivity index is 1.73. The molecule has 0 saturated heterocycles. The number of rotatable bonds is 7. The van der Waals surface area contributed by atoms with E-state index in [9.17, 15) is 4.79 Å². The molecule has 0 bridgehead atoms. The second-order valence-corrected chi connectivity index (χ2v) is 6.89. The zero-order valence-electron chi connectivity index (χ0n) is 16.0. The number of furan rings is 2. The second kappa shape index (κ2) is 8.12. The normalized spacial score (nSPS) is 12.0. The van der Waals surface area contributed by atoms with E-state index >= 15 is 0 Å². The second-order valence-electron chi connectivity index (χ2n) is 6.89. The van der Waals surface area contributed by atoms with Crippen molar-refractivity contribution in [1.82, 2.24) is 5.32 Å². The van der Waals surface area contributed by atoms with Gasteiger partial charge in [0.05, 0.1) is 12.3 Å². The highest BCUT2D eigenvalue weighted by molar-refractivity contribution is 5.91. The molecule has 4 heteroatoms. The molecule has 2 aromatic heterocycles. The fourth-order valence-electron chi connectivity index (χ4n) is 3.39. The van der Waals surface area contributed by atoms with Crippen LogP contribution in [-0.2, 0) is 6.42 Å². The van der Waals surface area contributed by atoms with Gasteiger partial charge >= 0.3 is 0 Å². The van der Waals surface area contributed by atoms with E-state index in [2.05, 4.69) is 44.8 Å². The summed E-state index contributed by atoms with van der Waals surface area (Å²) >= 11 is 0. The molecule has 27 heavy (non-hydrogen) atoms. The van der Waals surface area contributed by atoms with Gasteiger partial charge in [-0.05, 0) is 68.1 Å². The van der Waals surface area contributed by atoms with E-state index in [1.807, 2.05) is 12.1 Å². The molecule has 0 fully saturated rings. The summed E-state index contributed by atoms with van der Waals surface area (Å²) in [6, 6.07) is 11.3. The summed E-state index contributed by atoms with van der Waals surface area (Å²) in [4.78, 5) is 12.6. The molecule has 0 saturated carbocycles. The summed E-state index contributed by atoms with van der Waals surface area (Å²) < 4.78 is 11.2. The quantitative estimate of drug-likeness (QED) is 0.569. The van der Waals surface area contributed by atoms with Crippen LogP contribution in [0.2, 0.25) is 0 Å². The topological polar surface area (TPSA) is 55.4 Å². The van der Waals surface area contributed by atoms with Gasteiger partial charge in [0, 0.05) is 6.42 Å². The lowest BCUT2D eigenvalue weighted by Gasteiger charge is -2.13. The van der Waals surface area contributed by atoms with Crippen molar-refractivity contribution in [3.8, 4) is 0 Å². The van der Waals surface area contributed by atoms with Crippen LogP contribution in [0.5, 0.6) is 0 Å². The number of nitrogens with one attached hydrogen (secondary N) is 1. The maximum absolute atomic E-state index is 12.6. The monoisotopic (exact) mass is 363 g/mol. The largest absolute Gasteiger partial charge is 0.467 e. The highest BCUT2D eigenvalue weighted by atomic mass is 16.4. The Hall–Kier alpha value is -3.01. The van der Waals surface area contributed by atoms with E-state index in [0.29, 0.717) is 24.4 Å². The summed E-state index contributed by atoms with van der Waals surface area (Å²) in [7, 11) is 0. The third-order valence-electron chi connectivity index (χ3n) is 4.67. The molecule has 3 rings (SSSR count). The lowest BCUT2D eigenvalue weighted by molar-refractivity contribution is 0.0902. The number of hydrogen-bond donors (Lipinski definition) is 1. The first-order valence-electron chi connectivity index (χ1n) is 9.08. The van der Waals surface area contributed by atoms with Crippen molar-refractivity contribution in [1.29, 1.82) is 0 Å². The maximum atomic E-state index is 12.6. The first kappa shape index (κ1) is 18.8. The predicted octanol–water partition coefficient (Wildman–Crippen LogP) is 5.44. The van der Waals surface area contributed by atoms with E-state index < -0.39 is 0 Å². The van der Waals surface area contributed by atoms with Crippen LogP contribution in [0.3, 0.4) is 0 Å². The van der Waals surface area contributed by atoms with Gasteiger partial charge in [-0.3, -0.25) is 4.79 Å². The number of carbonyl (C=O) groups is 1. The van der Waals surface area contributed by atoms with Crippen molar-refractivity contribution in [2.24, 2.45) is 0 Å². The molecule has 1 N–H and O–H groups in total. The molecule has 1 amide bonds. The van der Waals surface area contributed by atoms with Crippen molar-refractivity contribution in [3.63, 3.8) is 0 Å². The molecule has 1 atom stereocenters. The minimum Gasteiger partial charge on any atom is -0.467 e. The molecular weight excluding hydrogens is 338 g/mol. The molecule has 1 aromatic carbocycles. The lowest BCUT2D eigenvalue weighted by atomic mass is 9.97. The number of amides is 1. The van der Waals surface area contributed by atoms with Crippen LogP contribution >= 0.6 is 0 Å². The van der Waals surface area contributed by atoms with Crippen LogP contribution in [0.15, 0.2) is 64.2 Å². The number of benzene rings is 1. The molecule has 0 radical (unpaired) electrons. The molecule has 1 unspecified atom stereocenters. The number of hydrogen-bond acceptors (Lipinski definition) is 3. The van der Waals surface area contributed by atoms with E-state index in [1.165, 1.54) is 22.3 Å². The average molecular weight is 363 g/mol. The summed E-state index contributed by atoms with van der Waals surface area (Å²) in [6.07, 6.45) is 4.59. The summed E-state index contributed by atoms with van der Waals surface area (Å²) in [5, 5.41) is 2.95. The molecule has 0 aliphatic carbocycles. The molecule has 140 valence electrons. The average Bonchev–Trinajstić information content (AvgIpc) is 3.29. The SMILES string of the molecule is C=CCC(NC(=O)c1ccc(Cc2c(C)cc(C)cc2C)o1)c1ccco1. The zero-order valence-corrected chi connectivity index (χ0v) is 16.0. The molecular formula is C23H25NO3. The first-order valence-corrected chi connectivity index (χ1v) is 9.08. The zero-order chi connectivity index (χ0) is 19.4. The molecule has 0 spiro atoms. The van der Waals surface area contributed by atoms with Gasteiger partial charge in [0.25, 0.3) is 5.91 Å². The van der Waals surface area contributed by atoms with Crippen LogP contribution in [0, 0.1) is 20.8 Å². The smallest absolute Gasteiger partial charge is 0.287 e. The highest BCUT2D eigenvalue weighted by Gasteiger charge is 2.19. The van der Waals surface area contributed by atoms with Gasteiger partial charge in [0.15, 0.2) is 5.76 Å². The Morgan fingerprint density at radius 1 is 1.19 bits per heavy atom. The van der Waals surface area contributed by atoms with Gasteiger partial charge in [-0.2, -0.15) is 0 Å². The van der Waals surface area contributed by atoms with Crippen molar-refractivity contribution in [3.05, 3.63) is 94.9 Å². The Bertz CT molecular complexity index is 911. The highest BCUT2D eigenvalue weighted by Crippen LogP contribution is 2.22. The van der Waals surface area contributed by atoms with Gasteiger partial charge in [-0.15, -0.1) is 6.58 Å². The summed E-state index contributed by atoms with van der Waals surface area (Å²) in [5.74, 6) is 1.50. The van der Waals surface area contributed by atoms with Gasteiger partial charge in [-0.1, -0.05) is 23.8 Å². The van der Waals surface area contributed by atoms with Crippen molar-refractivity contribution < 1.29 is 13.6 Å². The van der Waals surface area contributed by atoms with Gasteiger partial charge in [0.2, 0.25) is 0 Å². The first-order chi connectivity index (χ1) is 13.0. The Labute approximate surface area is 159 Å². The fraction of sp³-hybridized carbons (Fsp3) is 0.261. The van der Waals surface area contributed by atoms with Crippen molar-refractivity contribution in [2.45, 2.75) is 39.7 Å². The summed E-state index contributed by atoms with van der Waals surface area (Å²) in [6.45, 7) is 10.1. The minimum atomic E-state index is -0.264. The van der Waals surface area contributed by atoms with E-state index in [4.69, 9.17) is 8.83 Å². The van der Waals surface area contributed by atoms with Gasteiger partial charge < -0.3 is 14.2 Å². The van der Waals surface area contributed by atoms with Crippen LogP contribution in [0.1, 0.15) is 56.8 Å². The van der Waals surface area contributed by atoms with Crippen LogP contribution < -0.4 is 5.32 Å². The fourth-order valence-corrected chi connectivity index (χ4v) is 3.39. The Morgan fingerprint density at radius 2 is 1.93 bits per heavy atom. The Kier molecular flexibility index (Phi) is 5.65.